The number of likely N-dealkylation sites (tertiary alicyclic amines) is 1. The summed E-state index contributed by atoms with van der Waals surface area (Å²) in [5.74, 6) is -1.27. The van der Waals surface area contributed by atoms with Crippen LogP contribution in [-0.2, 0) is 9.59 Å². The van der Waals surface area contributed by atoms with Crippen molar-refractivity contribution in [1.29, 1.82) is 0 Å². The van der Waals surface area contributed by atoms with Crippen molar-refractivity contribution in [2.24, 2.45) is 11.3 Å². The third-order valence-corrected chi connectivity index (χ3v) is 7.89. The van der Waals surface area contributed by atoms with Gasteiger partial charge in [0.05, 0.1) is 30.0 Å². The highest BCUT2D eigenvalue weighted by Crippen LogP contribution is 2.53. The molecule has 1 saturated carbocycles. The van der Waals surface area contributed by atoms with Gasteiger partial charge in [0.15, 0.2) is 0 Å². The number of hydrogen-bond acceptors (Lipinski definition) is 3. The fourth-order valence-electron chi connectivity index (χ4n) is 5.60. The van der Waals surface area contributed by atoms with E-state index in [0.29, 0.717) is 22.9 Å². The van der Waals surface area contributed by atoms with Crippen molar-refractivity contribution in [2.45, 2.75) is 70.1 Å². The Hall–Kier alpha value is -2.08. The lowest BCUT2D eigenvalue weighted by atomic mass is 9.66. The molecule has 2 N–H and O–H groups in total. The minimum Gasteiger partial charge on any atom is -0.481 e. The molecule has 1 aliphatic carbocycles. The van der Waals surface area contributed by atoms with Crippen molar-refractivity contribution in [1.82, 2.24) is 4.90 Å². The lowest BCUT2D eigenvalue weighted by molar-refractivity contribution is -0.164. The first-order valence-electron chi connectivity index (χ1n) is 11.9. The third-order valence-electron chi connectivity index (χ3n) is 7.41. The highest BCUT2D eigenvalue weighted by atomic mass is 35.5. The molecule has 2 aromatic rings. The number of hydrogen-bond donors (Lipinski definition) is 2. The van der Waals surface area contributed by atoms with Crippen LogP contribution in [0.25, 0.3) is 0 Å². The minimum atomic E-state index is -1.11. The summed E-state index contributed by atoms with van der Waals surface area (Å²) in [7, 11) is 0. The molecule has 1 heterocycles. The number of aliphatic carboxylic acids is 1. The summed E-state index contributed by atoms with van der Waals surface area (Å²) in [6.07, 6.45) is 1.88. The van der Waals surface area contributed by atoms with Crippen LogP contribution < -0.4 is 0 Å². The van der Waals surface area contributed by atoms with Gasteiger partial charge in [-0.3, -0.25) is 9.59 Å². The average Bonchev–Trinajstić information content (AvgIpc) is 3.63. The van der Waals surface area contributed by atoms with Crippen LogP contribution in [0, 0.1) is 11.3 Å². The van der Waals surface area contributed by atoms with Crippen molar-refractivity contribution < 1.29 is 19.8 Å². The number of benzene rings is 2. The Kier molecular flexibility index (Phi) is 7.28. The number of amides is 1. The summed E-state index contributed by atoms with van der Waals surface area (Å²) in [6.45, 7) is 3.71. The van der Waals surface area contributed by atoms with Crippen LogP contribution in [0.1, 0.15) is 69.0 Å². The smallest absolute Gasteiger partial charge is 0.304 e. The number of carbonyl (C=O) groups excluding carboxylic acids is 1. The third kappa shape index (κ3) is 4.98. The van der Waals surface area contributed by atoms with Crippen LogP contribution in [-0.4, -0.2) is 39.1 Å². The lowest BCUT2D eigenvalue weighted by Gasteiger charge is -2.52. The van der Waals surface area contributed by atoms with Gasteiger partial charge in [-0.1, -0.05) is 61.3 Å². The molecule has 182 valence electrons. The fraction of sp³-hybridized carbons (Fsp3) is 0.481. The number of aliphatic hydroxyl groups is 1. The van der Waals surface area contributed by atoms with E-state index in [1.165, 1.54) is 0 Å². The van der Waals surface area contributed by atoms with E-state index in [-0.39, 0.29) is 30.2 Å². The minimum absolute atomic E-state index is 0.167. The molecule has 7 heteroatoms. The van der Waals surface area contributed by atoms with Crippen molar-refractivity contribution >= 4 is 35.1 Å². The van der Waals surface area contributed by atoms with E-state index in [2.05, 4.69) is 0 Å². The van der Waals surface area contributed by atoms with Crippen molar-refractivity contribution in [3.63, 3.8) is 0 Å². The zero-order valence-corrected chi connectivity index (χ0v) is 21.0. The Balaban J connectivity index is 1.90. The van der Waals surface area contributed by atoms with Crippen molar-refractivity contribution in [3.8, 4) is 0 Å². The standard InChI is InChI=1S/C27H31Cl2NO4/c1-3-22(25(33)17-7-8-17)30-24(16-9-11-19(28)12-10-16)21(18-5-4-6-20(29)13-18)14-27(2,26(30)34)15-23(31)32/h4-6,9-13,17,21-22,24-25,33H,3,7-8,14-15H2,1-2H3,(H,31,32)/t21-,22?,24-,25?,27-/m1/s1. The molecule has 5 nitrogen and oxygen atoms in total. The van der Waals surface area contributed by atoms with Crippen LogP contribution >= 0.6 is 23.2 Å². The Morgan fingerprint density at radius 1 is 1.12 bits per heavy atom. The summed E-state index contributed by atoms with van der Waals surface area (Å²) in [5.41, 5.74) is 0.734. The van der Waals surface area contributed by atoms with Gasteiger partial charge in [-0.2, -0.15) is 0 Å². The molecular formula is C27H31Cl2NO4. The zero-order chi connectivity index (χ0) is 24.6. The van der Waals surface area contributed by atoms with E-state index in [0.717, 1.165) is 24.0 Å². The van der Waals surface area contributed by atoms with Gasteiger partial charge in [0, 0.05) is 16.0 Å². The van der Waals surface area contributed by atoms with E-state index in [1.54, 1.807) is 30.0 Å². The van der Waals surface area contributed by atoms with Gasteiger partial charge in [0.2, 0.25) is 5.91 Å². The van der Waals surface area contributed by atoms with Crippen LogP contribution in [0.15, 0.2) is 48.5 Å². The lowest BCUT2D eigenvalue weighted by Crippen LogP contribution is -2.59. The van der Waals surface area contributed by atoms with Crippen molar-refractivity contribution in [3.05, 3.63) is 69.7 Å². The van der Waals surface area contributed by atoms with E-state index >= 15 is 0 Å². The summed E-state index contributed by atoms with van der Waals surface area (Å²) in [6, 6.07) is 14.2. The highest BCUT2D eigenvalue weighted by Gasteiger charge is 2.54. The Labute approximate surface area is 210 Å². The first kappa shape index (κ1) is 25.0. The maximum absolute atomic E-state index is 14.1. The van der Waals surface area contributed by atoms with Crippen molar-refractivity contribution in [2.75, 3.05) is 0 Å². The van der Waals surface area contributed by atoms with Crippen LogP contribution in [0.4, 0.5) is 0 Å². The molecular weight excluding hydrogens is 473 g/mol. The summed E-state index contributed by atoms with van der Waals surface area (Å²) < 4.78 is 0. The molecule has 0 spiro atoms. The predicted molar refractivity (Wildman–Crippen MR) is 133 cm³/mol. The Morgan fingerprint density at radius 2 is 1.79 bits per heavy atom. The fourth-order valence-corrected chi connectivity index (χ4v) is 5.92. The zero-order valence-electron chi connectivity index (χ0n) is 19.5. The molecule has 34 heavy (non-hydrogen) atoms. The van der Waals surface area contributed by atoms with Crippen LogP contribution in [0.3, 0.4) is 0 Å². The van der Waals surface area contributed by atoms with Gasteiger partial charge in [0.25, 0.3) is 0 Å². The predicted octanol–water partition coefficient (Wildman–Crippen LogP) is 6.08. The SMILES string of the molecule is CCC(C(O)C1CC1)N1C(=O)[C@@](C)(CC(=O)O)C[C@H](c2cccc(Cl)c2)[C@H]1c1ccc(Cl)cc1. The number of halogens is 2. The van der Waals surface area contributed by atoms with E-state index in [1.807, 2.05) is 37.3 Å². The summed E-state index contributed by atoms with van der Waals surface area (Å²) >= 11 is 12.5. The highest BCUT2D eigenvalue weighted by molar-refractivity contribution is 6.30. The molecule has 1 saturated heterocycles. The van der Waals surface area contributed by atoms with E-state index in [9.17, 15) is 19.8 Å². The normalized spacial score (nSPS) is 26.9. The number of carboxylic acid groups (broad SMARTS) is 1. The molecule has 2 unspecified atom stereocenters. The molecule has 2 aliphatic rings. The number of nitrogens with zero attached hydrogens (tertiary/aromatic N) is 1. The number of piperidine rings is 1. The van der Waals surface area contributed by atoms with Gasteiger partial charge in [0.1, 0.15) is 0 Å². The summed E-state index contributed by atoms with van der Waals surface area (Å²) in [5, 5.41) is 22.1. The average molecular weight is 504 g/mol. The summed E-state index contributed by atoms with van der Waals surface area (Å²) in [4.78, 5) is 27.8. The van der Waals surface area contributed by atoms with Crippen LogP contribution in [0.2, 0.25) is 10.0 Å². The van der Waals surface area contributed by atoms with Gasteiger partial charge in [-0.25, -0.2) is 0 Å². The Morgan fingerprint density at radius 3 is 2.35 bits per heavy atom. The molecule has 1 aliphatic heterocycles. The second-order valence-electron chi connectivity index (χ2n) is 10.0. The molecule has 2 aromatic carbocycles. The second kappa shape index (κ2) is 9.88. The maximum Gasteiger partial charge on any atom is 0.304 e. The monoisotopic (exact) mass is 503 g/mol. The largest absolute Gasteiger partial charge is 0.481 e. The van der Waals surface area contributed by atoms with Gasteiger partial charge in [-0.05, 0) is 67.0 Å². The molecule has 5 atom stereocenters. The molecule has 0 radical (unpaired) electrons. The number of aliphatic hydroxyl groups excluding tert-OH is 1. The second-order valence-corrected chi connectivity index (χ2v) is 10.9. The molecule has 0 aromatic heterocycles. The topological polar surface area (TPSA) is 77.8 Å². The van der Waals surface area contributed by atoms with Crippen LogP contribution in [0.5, 0.6) is 0 Å². The van der Waals surface area contributed by atoms with Gasteiger partial charge < -0.3 is 15.1 Å². The number of rotatable bonds is 8. The first-order chi connectivity index (χ1) is 16.1. The molecule has 4 rings (SSSR count). The van der Waals surface area contributed by atoms with E-state index < -0.39 is 23.5 Å². The molecule has 1 amide bonds. The number of carbonyl (C=O) groups is 2. The molecule has 2 fully saturated rings. The van der Waals surface area contributed by atoms with E-state index in [4.69, 9.17) is 23.2 Å². The first-order valence-corrected chi connectivity index (χ1v) is 12.6. The maximum atomic E-state index is 14.1. The van der Waals surface area contributed by atoms with Gasteiger partial charge in [-0.15, -0.1) is 0 Å². The molecule has 0 bridgehead atoms. The quantitative estimate of drug-likeness (QED) is 0.457. The Bertz CT molecular complexity index is 1050. The van der Waals surface area contributed by atoms with Gasteiger partial charge >= 0.3 is 5.97 Å². The number of carboxylic acids is 1.